The highest BCUT2D eigenvalue weighted by Crippen LogP contribution is 2.29. The van der Waals surface area contributed by atoms with Gasteiger partial charge in [-0.15, -0.1) is 0 Å². The van der Waals surface area contributed by atoms with Crippen LogP contribution in [0.2, 0.25) is 0 Å². The molecule has 2 aromatic rings. The molecule has 1 aliphatic carbocycles. The lowest BCUT2D eigenvalue weighted by atomic mass is 10.2. The van der Waals surface area contributed by atoms with Crippen molar-refractivity contribution in [3.63, 3.8) is 0 Å². The Kier molecular flexibility index (Phi) is 4.60. The molecule has 0 unspecified atom stereocenters. The minimum absolute atomic E-state index is 0.0548. The van der Waals surface area contributed by atoms with E-state index < -0.39 is 0 Å². The Hall–Kier alpha value is -2.37. The van der Waals surface area contributed by atoms with Gasteiger partial charge in [0.2, 0.25) is 0 Å². The van der Waals surface area contributed by atoms with E-state index in [9.17, 15) is 9.59 Å². The fourth-order valence-electron chi connectivity index (χ4n) is 3.15. The number of aryl methyl sites for hydroxylation is 1. The molecule has 1 saturated carbocycles. The molecule has 1 amide bonds. The van der Waals surface area contributed by atoms with Crippen LogP contribution in [0.3, 0.4) is 0 Å². The summed E-state index contributed by atoms with van der Waals surface area (Å²) >= 11 is 0. The third-order valence-electron chi connectivity index (χ3n) is 4.28. The molecule has 0 aromatic carbocycles. The van der Waals surface area contributed by atoms with Crippen LogP contribution in [-0.2, 0) is 6.54 Å². The lowest BCUT2D eigenvalue weighted by molar-refractivity contribution is 0.101. The number of anilines is 1. The Labute approximate surface area is 135 Å². The number of amides is 1. The SMILES string of the molecule is CCCn1cc(NC(=O)c2ccnn2C2CCCC2)ccc1=O. The Balaban J connectivity index is 1.78. The van der Waals surface area contributed by atoms with Gasteiger partial charge in [-0.3, -0.25) is 14.3 Å². The van der Waals surface area contributed by atoms with E-state index in [-0.39, 0.29) is 11.5 Å². The summed E-state index contributed by atoms with van der Waals surface area (Å²) in [7, 11) is 0. The van der Waals surface area contributed by atoms with Crippen molar-refractivity contribution in [3.05, 3.63) is 46.6 Å². The van der Waals surface area contributed by atoms with Crippen LogP contribution in [0.25, 0.3) is 0 Å². The number of carbonyl (C=O) groups is 1. The molecule has 1 N–H and O–H groups in total. The van der Waals surface area contributed by atoms with E-state index in [0.29, 0.717) is 24.0 Å². The molecule has 6 heteroatoms. The van der Waals surface area contributed by atoms with E-state index in [4.69, 9.17) is 0 Å². The molecular weight excluding hydrogens is 292 g/mol. The maximum Gasteiger partial charge on any atom is 0.273 e. The zero-order chi connectivity index (χ0) is 16.2. The first kappa shape index (κ1) is 15.5. The Morgan fingerprint density at radius 2 is 2.09 bits per heavy atom. The maximum atomic E-state index is 12.5. The number of hydrogen-bond donors (Lipinski definition) is 1. The average molecular weight is 314 g/mol. The van der Waals surface area contributed by atoms with Gasteiger partial charge in [-0.1, -0.05) is 19.8 Å². The molecule has 23 heavy (non-hydrogen) atoms. The number of nitrogens with zero attached hydrogens (tertiary/aromatic N) is 3. The van der Waals surface area contributed by atoms with Crippen molar-refractivity contribution in [2.45, 2.75) is 51.6 Å². The molecule has 0 aliphatic heterocycles. The van der Waals surface area contributed by atoms with Crippen molar-refractivity contribution in [2.24, 2.45) is 0 Å². The molecule has 2 heterocycles. The second kappa shape index (κ2) is 6.81. The summed E-state index contributed by atoms with van der Waals surface area (Å²) in [6.07, 6.45) is 8.75. The second-order valence-electron chi connectivity index (χ2n) is 6.00. The minimum Gasteiger partial charge on any atom is -0.319 e. The highest BCUT2D eigenvalue weighted by atomic mass is 16.2. The first-order valence-corrected chi connectivity index (χ1v) is 8.24. The van der Waals surface area contributed by atoms with Crippen LogP contribution >= 0.6 is 0 Å². The van der Waals surface area contributed by atoms with Gasteiger partial charge in [0.15, 0.2) is 0 Å². The normalized spacial score (nSPS) is 15.0. The van der Waals surface area contributed by atoms with Crippen LogP contribution in [0.1, 0.15) is 55.6 Å². The molecule has 0 spiro atoms. The van der Waals surface area contributed by atoms with Gasteiger partial charge >= 0.3 is 0 Å². The van der Waals surface area contributed by atoms with Crippen LogP contribution in [-0.4, -0.2) is 20.3 Å². The fourth-order valence-corrected chi connectivity index (χ4v) is 3.15. The minimum atomic E-state index is -0.184. The molecule has 6 nitrogen and oxygen atoms in total. The van der Waals surface area contributed by atoms with Crippen LogP contribution in [0.15, 0.2) is 35.4 Å². The van der Waals surface area contributed by atoms with Crippen molar-refractivity contribution >= 4 is 11.6 Å². The molecule has 0 bridgehead atoms. The van der Waals surface area contributed by atoms with Crippen molar-refractivity contribution in [2.75, 3.05) is 5.32 Å². The predicted molar refractivity (Wildman–Crippen MR) is 88.7 cm³/mol. The van der Waals surface area contributed by atoms with Crippen LogP contribution in [0, 0.1) is 0 Å². The summed E-state index contributed by atoms with van der Waals surface area (Å²) in [5.41, 5.74) is 1.15. The second-order valence-corrected chi connectivity index (χ2v) is 6.00. The lowest BCUT2D eigenvalue weighted by Crippen LogP contribution is -2.22. The van der Waals surface area contributed by atoms with E-state index in [1.807, 2.05) is 11.6 Å². The average Bonchev–Trinajstić information content (AvgIpc) is 3.20. The summed E-state index contributed by atoms with van der Waals surface area (Å²) < 4.78 is 3.45. The number of aromatic nitrogens is 3. The van der Waals surface area contributed by atoms with E-state index >= 15 is 0 Å². The molecule has 2 aromatic heterocycles. The third kappa shape index (κ3) is 3.36. The topological polar surface area (TPSA) is 68.9 Å². The molecule has 0 saturated heterocycles. The molecule has 1 fully saturated rings. The van der Waals surface area contributed by atoms with E-state index in [0.717, 1.165) is 19.3 Å². The Morgan fingerprint density at radius 1 is 1.30 bits per heavy atom. The number of rotatable bonds is 5. The summed E-state index contributed by atoms with van der Waals surface area (Å²) in [5.74, 6) is -0.184. The predicted octanol–water partition coefficient (Wildman–Crippen LogP) is 2.82. The number of nitrogens with one attached hydrogen (secondary N) is 1. The van der Waals surface area contributed by atoms with Crippen molar-refractivity contribution in [1.29, 1.82) is 0 Å². The third-order valence-corrected chi connectivity index (χ3v) is 4.28. The van der Waals surface area contributed by atoms with Gasteiger partial charge in [0.05, 0.1) is 11.7 Å². The van der Waals surface area contributed by atoms with Crippen molar-refractivity contribution < 1.29 is 4.79 Å². The molecular formula is C17H22N4O2. The molecule has 1 aliphatic rings. The largest absolute Gasteiger partial charge is 0.319 e. The summed E-state index contributed by atoms with van der Waals surface area (Å²) in [5, 5.41) is 7.20. The van der Waals surface area contributed by atoms with Crippen LogP contribution in [0.4, 0.5) is 5.69 Å². The van der Waals surface area contributed by atoms with Gasteiger partial charge in [-0.2, -0.15) is 5.10 Å². The fraction of sp³-hybridized carbons (Fsp3) is 0.471. The smallest absolute Gasteiger partial charge is 0.273 e. The maximum absolute atomic E-state index is 12.5. The zero-order valence-corrected chi connectivity index (χ0v) is 13.4. The van der Waals surface area contributed by atoms with Gasteiger partial charge in [0.25, 0.3) is 11.5 Å². The van der Waals surface area contributed by atoms with Crippen molar-refractivity contribution in [3.8, 4) is 0 Å². The van der Waals surface area contributed by atoms with E-state index in [1.54, 1.807) is 29.1 Å². The van der Waals surface area contributed by atoms with Gasteiger partial charge in [-0.05, 0) is 31.4 Å². The van der Waals surface area contributed by atoms with Gasteiger partial charge in [0.1, 0.15) is 5.69 Å². The standard InChI is InChI=1S/C17H22N4O2/c1-2-11-20-12-13(7-8-16(20)22)19-17(23)15-9-10-18-21(15)14-5-3-4-6-14/h7-10,12,14H,2-6,11H2,1H3,(H,19,23). The van der Waals surface area contributed by atoms with Gasteiger partial charge in [0, 0.05) is 25.0 Å². The van der Waals surface area contributed by atoms with Crippen molar-refractivity contribution in [1.82, 2.24) is 14.3 Å². The van der Waals surface area contributed by atoms with Gasteiger partial charge in [-0.25, -0.2) is 0 Å². The van der Waals surface area contributed by atoms with E-state index in [1.165, 1.54) is 18.9 Å². The Bertz CT molecular complexity index is 741. The van der Waals surface area contributed by atoms with Gasteiger partial charge < -0.3 is 9.88 Å². The zero-order valence-electron chi connectivity index (χ0n) is 13.4. The lowest BCUT2D eigenvalue weighted by Gasteiger charge is -2.14. The quantitative estimate of drug-likeness (QED) is 0.922. The van der Waals surface area contributed by atoms with Crippen LogP contribution < -0.4 is 10.9 Å². The highest BCUT2D eigenvalue weighted by molar-refractivity contribution is 6.02. The highest BCUT2D eigenvalue weighted by Gasteiger charge is 2.22. The first-order chi connectivity index (χ1) is 11.2. The summed E-state index contributed by atoms with van der Waals surface area (Å²) in [6.45, 7) is 2.65. The van der Waals surface area contributed by atoms with Crippen LogP contribution in [0.5, 0.6) is 0 Å². The molecule has 0 atom stereocenters. The van der Waals surface area contributed by atoms with E-state index in [2.05, 4.69) is 10.4 Å². The summed E-state index contributed by atoms with van der Waals surface area (Å²) in [6, 6.07) is 5.19. The first-order valence-electron chi connectivity index (χ1n) is 8.24. The molecule has 3 rings (SSSR count). The monoisotopic (exact) mass is 314 g/mol. The summed E-state index contributed by atoms with van der Waals surface area (Å²) in [4.78, 5) is 24.3. The Morgan fingerprint density at radius 3 is 2.83 bits per heavy atom. The number of carbonyl (C=O) groups excluding carboxylic acids is 1. The number of hydrogen-bond acceptors (Lipinski definition) is 3. The number of pyridine rings is 1. The molecule has 0 radical (unpaired) electrons. The molecule has 122 valence electrons.